The highest BCUT2D eigenvalue weighted by Crippen LogP contribution is 2.57. The molecule has 6 unspecified atom stereocenters. The van der Waals surface area contributed by atoms with Crippen molar-refractivity contribution >= 4 is 140 Å². The van der Waals surface area contributed by atoms with Gasteiger partial charge in [0.2, 0.25) is 0 Å². The van der Waals surface area contributed by atoms with Crippen molar-refractivity contribution in [3.8, 4) is 0 Å². The smallest absolute Gasteiger partial charge is 0.466 e. The summed E-state index contributed by atoms with van der Waals surface area (Å²) in [5.74, 6) is -14.1. The van der Waals surface area contributed by atoms with E-state index in [2.05, 4.69) is 73.2 Å². The summed E-state index contributed by atoms with van der Waals surface area (Å²) in [5.41, 5.74) is 2.38. The second-order valence-electron chi connectivity index (χ2n) is 33.7. The molecule has 0 bridgehead atoms. The molecule has 0 heterocycles. The number of phosphoric ester groups is 6. The second-order valence-corrected chi connectivity index (χ2v) is 51.4. The van der Waals surface area contributed by atoms with Gasteiger partial charge >= 0.3 is 128 Å². The number of ketones is 2. The van der Waals surface area contributed by atoms with Crippen LogP contribution in [0.1, 0.15) is 292 Å². The molecular weight excluding hydrogens is 2260 g/mol. The van der Waals surface area contributed by atoms with Crippen LogP contribution in [0.25, 0.3) is 0 Å². The topological polar surface area (TPSA) is 947 Å². The number of allylic oxidation sites excluding steroid dienone is 2. The molecule has 0 aromatic rings. The molecule has 0 aliphatic heterocycles. The van der Waals surface area contributed by atoms with Crippen molar-refractivity contribution in [2.45, 2.75) is 334 Å². The number of esters is 6. The monoisotopic (exact) mass is 2410 g/mol. The van der Waals surface area contributed by atoms with Crippen LogP contribution < -0.4 is 0 Å². The summed E-state index contributed by atoms with van der Waals surface area (Å²) in [6, 6.07) is 0. The molecule has 0 amide bonds. The molecule has 150 heavy (non-hydrogen) atoms. The highest BCUT2D eigenvalue weighted by Gasteiger charge is 2.41. The van der Waals surface area contributed by atoms with Crippen LogP contribution in [0.2, 0.25) is 0 Å². The summed E-state index contributed by atoms with van der Waals surface area (Å²) >= 11 is 0. The van der Waals surface area contributed by atoms with E-state index in [9.17, 15) is 93.1 Å². The Morgan fingerprint density at radius 2 is 0.367 bits per heavy atom. The van der Waals surface area contributed by atoms with Gasteiger partial charge in [-0.05, 0) is 156 Å². The molecule has 0 saturated carbocycles. The van der Waals surface area contributed by atoms with Crippen LogP contribution in [0.4, 0.5) is 0 Å². The standard InChI is InChI=1S/C17H30O12P2.C15H30O8P2.C14H26O11P2.C14H28O9P2.C11H22O8P2.C10H20O9P2/c1-12(2)16(18)27-10-14(11-28-17(19)13(3)4)26-9-7-5-6-8-15(30(20,21)22)29-31(23,24)25;1-13(2)14(16)11-9-7-5-3-4-6-8-10-12-15(24(17,18)19)23-25(20,21)22;1-11(2)14(16)24-10-6-7-12(15)23-9-5-3-4-8-13(26(17,18)19)25-27(20,21)22;1-12(2)14(15)22-11-9-7-5-3-4-6-8-10-13(24(16,17)18)23-25(19,20)21;1-9(2)10(12)7-5-3-4-6-8-11(20(13,14)15)19-21(16,17)18;1-8(2)10(11)18-7-5-3-4-6-9(20(12,13)14)19-21(15,16)17/h14-15H,1,3,5-11H2,2,4H3,(H2,20,21,22)(H2,23,24,25);15H,1,3-12H2,2H3,(H2,17,18,19)(H2,20,21,22);13H,1,3-10H2,2H3,(H2,17,18,19)(H2,20,21,22);13H,1,3-11H2,2H3,(H2,16,17,18)(H2,19,20,21);11H,1,3-8H2,2H3,(H2,13,14,15)(H2,16,17,18);9H,1,3-7H2,2H3,(H2,12,13,14)(H2,15,16,17). The maximum atomic E-state index is 11.5. The molecule has 0 radical (unpaired) electrons. The Bertz CT molecular complexity index is 4510. The second kappa shape index (κ2) is 81.4. The Labute approximate surface area is 871 Å². The first-order valence-corrected chi connectivity index (χ1v) is 65.5. The lowest BCUT2D eigenvalue weighted by molar-refractivity contribution is -0.151. The average molecular weight is 2410 g/mol. The number of phosphoric acid groups is 6. The lowest BCUT2D eigenvalue weighted by atomic mass is 10.0. The molecule has 24 N–H and O–H groups in total. The van der Waals surface area contributed by atoms with Crippen molar-refractivity contribution in [2.75, 3.05) is 46.2 Å². The van der Waals surface area contributed by atoms with E-state index in [1.54, 1.807) is 20.8 Å². The Morgan fingerprint density at radius 3 is 0.560 bits per heavy atom. The van der Waals surface area contributed by atoms with Crippen molar-refractivity contribution < 1.29 is 271 Å². The summed E-state index contributed by atoms with van der Waals surface area (Å²) in [5, 5.41) is 0. The third-order valence-electron chi connectivity index (χ3n) is 18.7. The van der Waals surface area contributed by atoms with Gasteiger partial charge in [0.05, 0.1) is 26.4 Å². The molecule has 6 atom stereocenters. The van der Waals surface area contributed by atoms with Crippen LogP contribution in [0, 0.1) is 0 Å². The van der Waals surface area contributed by atoms with E-state index in [1.807, 2.05) is 0 Å². The van der Waals surface area contributed by atoms with Crippen molar-refractivity contribution in [1.29, 1.82) is 0 Å². The van der Waals surface area contributed by atoms with E-state index >= 15 is 0 Å². The molecule has 0 aromatic heterocycles. The Kier molecular flexibility index (Phi) is 85.0. The Morgan fingerprint density at radius 1 is 0.200 bits per heavy atom. The number of Topliss-reactive ketones (excluding diaryl/α,β-unsaturated/α-hetero) is 2. The first-order chi connectivity index (χ1) is 68.2. The number of carbonyl (C=O) groups excluding carboxylic acids is 8. The SMILES string of the molecule is C=C(C)C(=O)CCCCCCC(OP(=O)(O)O)P(=O)(O)O.C=C(C)C(=O)CCCCCCCCCCC(OP(=O)(O)O)P(=O)(O)O.C=C(C)C(=O)OCC(COC(=O)C(=C)C)OCCCCCC(OP(=O)(O)O)P(=O)(O)O.C=C(C)C(=O)OCCCC(=O)OCCCCCC(OP(=O)(O)O)P(=O)(O)O.C=C(C)C(=O)OCCCCCC(OP(=O)(O)O)P(=O)(O)O.C=C(C)C(=O)OCCCCCCCCCC(OP(=O)(O)O)P(=O)(O)O. The zero-order valence-corrected chi connectivity index (χ0v) is 95.6. The third kappa shape index (κ3) is 103. The fourth-order valence-corrected chi connectivity index (χ4v) is 21.9. The minimum atomic E-state index is -5.05. The van der Waals surface area contributed by atoms with Crippen molar-refractivity contribution in [3.05, 3.63) is 85.1 Å². The van der Waals surface area contributed by atoms with Gasteiger partial charge in [-0.25, -0.2) is 51.4 Å². The fourth-order valence-electron chi connectivity index (χ4n) is 11.1. The normalized spacial score (nSPS) is 13.4. The van der Waals surface area contributed by atoms with Gasteiger partial charge in [-0.1, -0.05) is 174 Å². The van der Waals surface area contributed by atoms with E-state index in [4.69, 9.17) is 151 Å². The molecule has 69 heteroatoms. The molecule has 0 fully saturated rings. The quantitative estimate of drug-likeness (QED) is 0.00884. The Hall–Kier alpha value is -4.14. The maximum Gasteiger partial charge on any atom is 0.470 e. The minimum absolute atomic E-state index is 0.0204. The van der Waals surface area contributed by atoms with Crippen molar-refractivity contribution in [3.63, 3.8) is 0 Å². The lowest BCUT2D eigenvalue weighted by Crippen LogP contribution is -2.29. The minimum Gasteiger partial charge on any atom is -0.466 e. The first kappa shape index (κ1) is 156. The van der Waals surface area contributed by atoms with Gasteiger partial charge in [0.25, 0.3) is 0 Å². The van der Waals surface area contributed by atoms with Crippen molar-refractivity contribution in [2.24, 2.45) is 0 Å². The van der Waals surface area contributed by atoms with Crippen LogP contribution in [0.3, 0.4) is 0 Å². The van der Waals surface area contributed by atoms with Gasteiger partial charge in [0, 0.05) is 53.7 Å². The number of rotatable bonds is 80. The maximum absolute atomic E-state index is 11.5. The summed E-state index contributed by atoms with van der Waals surface area (Å²) in [6.45, 7) is 35.7. The van der Waals surface area contributed by atoms with E-state index in [-0.39, 0.29) is 138 Å². The van der Waals surface area contributed by atoms with Gasteiger partial charge in [-0.15, -0.1) is 0 Å². The zero-order valence-electron chi connectivity index (χ0n) is 84.9. The molecule has 0 rings (SSSR count). The van der Waals surface area contributed by atoms with Gasteiger partial charge in [0.15, 0.2) is 46.6 Å². The predicted molar refractivity (Wildman–Crippen MR) is 538 cm³/mol. The Balaban J connectivity index is -0.000000417. The molecule has 0 aromatic carbocycles. The van der Waals surface area contributed by atoms with Crippen LogP contribution >= 0.6 is 92.5 Å². The summed E-state index contributed by atoms with van der Waals surface area (Å²) in [4.78, 5) is 303. The molecule has 57 nitrogen and oxygen atoms in total. The molecule has 0 aliphatic rings. The number of hydrogen-bond acceptors (Lipinski definition) is 33. The van der Waals surface area contributed by atoms with Gasteiger partial charge in [-0.2, -0.15) is 0 Å². The number of carbonyl (C=O) groups is 8. The molecule has 0 aliphatic carbocycles. The summed E-state index contributed by atoms with van der Waals surface area (Å²) in [7, 11) is -58.5. The van der Waals surface area contributed by atoms with E-state index in [0.29, 0.717) is 132 Å². The number of ether oxygens (including phenoxy) is 7. The van der Waals surface area contributed by atoms with E-state index in [0.717, 1.165) is 70.6 Å². The van der Waals surface area contributed by atoms with E-state index in [1.165, 1.54) is 27.7 Å². The van der Waals surface area contributed by atoms with E-state index < -0.39 is 170 Å². The lowest BCUT2D eigenvalue weighted by Gasteiger charge is -2.20. The molecule has 0 spiro atoms. The molecule has 0 saturated heterocycles. The zero-order chi connectivity index (χ0) is 118. The molecular formula is C81H156O57P12. The first-order valence-electron chi connectivity index (χ1n) is 46.2. The van der Waals surface area contributed by atoms with Crippen LogP contribution in [-0.4, -0.2) is 252 Å². The highest BCUT2D eigenvalue weighted by molar-refractivity contribution is 7.56. The largest absolute Gasteiger partial charge is 0.470 e. The van der Waals surface area contributed by atoms with Gasteiger partial charge < -0.3 is 151 Å². The predicted octanol–water partition coefficient (Wildman–Crippen LogP) is 13.2. The van der Waals surface area contributed by atoms with Crippen LogP contribution in [0.5, 0.6) is 0 Å². The average Bonchev–Trinajstić information content (AvgIpc) is 0.884. The molecule has 882 valence electrons. The fraction of sp³-hybridized carbons (Fsp3) is 0.728. The summed E-state index contributed by atoms with van der Waals surface area (Å²) < 4.78 is 191. The van der Waals surface area contributed by atoms with Crippen LogP contribution in [0.15, 0.2) is 85.1 Å². The van der Waals surface area contributed by atoms with Gasteiger partial charge in [-0.3, -0.25) is 68.9 Å². The van der Waals surface area contributed by atoms with Crippen LogP contribution in [-0.2, 0) is 153 Å². The summed E-state index contributed by atoms with van der Waals surface area (Å²) in [6.07, 6.45) is 17.0. The van der Waals surface area contributed by atoms with Gasteiger partial charge in [0.1, 0.15) is 19.3 Å². The van der Waals surface area contributed by atoms with Crippen molar-refractivity contribution in [1.82, 2.24) is 0 Å². The number of hydrogen-bond donors (Lipinski definition) is 24. The third-order valence-corrected chi connectivity index (χ3v) is 29.6. The number of unbranched alkanes of at least 4 members (excludes halogenated alkanes) is 22. The highest BCUT2D eigenvalue weighted by atomic mass is 31.2.